The number of aromatic nitrogens is 1. The van der Waals surface area contributed by atoms with E-state index in [1.54, 1.807) is 16.7 Å². The average molecular weight is 266 g/mol. The SMILES string of the molecule is O=C(O)c1cc(Br)ccc1-n1cccc1. The van der Waals surface area contributed by atoms with Gasteiger partial charge in [-0.25, -0.2) is 4.79 Å². The minimum absolute atomic E-state index is 0.278. The predicted molar refractivity (Wildman–Crippen MR) is 60.4 cm³/mol. The highest BCUT2D eigenvalue weighted by Gasteiger charge is 2.11. The zero-order valence-corrected chi connectivity index (χ0v) is 9.31. The van der Waals surface area contributed by atoms with Crippen molar-refractivity contribution in [2.24, 2.45) is 0 Å². The van der Waals surface area contributed by atoms with E-state index in [0.29, 0.717) is 5.69 Å². The van der Waals surface area contributed by atoms with E-state index in [1.807, 2.05) is 30.6 Å². The van der Waals surface area contributed by atoms with Gasteiger partial charge in [0.2, 0.25) is 0 Å². The maximum atomic E-state index is 11.0. The van der Waals surface area contributed by atoms with Crippen LogP contribution in [0.3, 0.4) is 0 Å². The van der Waals surface area contributed by atoms with Crippen LogP contribution in [-0.4, -0.2) is 15.6 Å². The van der Waals surface area contributed by atoms with Crippen molar-refractivity contribution in [2.75, 3.05) is 0 Å². The second kappa shape index (κ2) is 3.90. The third kappa shape index (κ3) is 1.94. The van der Waals surface area contributed by atoms with Crippen molar-refractivity contribution >= 4 is 21.9 Å². The summed E-state index contributed by atoms with van der Waals surface area (Å²) in [6.45, 7) is 0. The number of hydrogen-bond donors (Lipinski definition) is 1. The summed E-state index contributed by atoms with van der Waals surface area (Å²) in [5.41, 5.74) is 0.941. The van der Waals surface area contributed by atoms with E-state index in [0.717, 1.165) is 4.47 Å². The number of nitrogens with zero attached hydrogens (tertiary/aromatic N) is 1. The van der Waals surface area contributed by atoms with Crippen molar-refractivity contribution in [3.8, 4) is 5.69 Å². The molecule has 15 heavy (non-hydrogen) atoms. The van der Waals surface area contributed by atoms with E-state index in [9.17, 15) is 4.79 Å². The van der Waals surface area contributed by atoms with Crippen LogP contribution in [-0.2, 0) is 0 Å². The minimum Gasteiger partial charge on any atom is -0.478 e. The quantitative estimate of drug-likeness (QED) is 0.908. The Morgan fingerprint density at radius 3 is 2.53 bits per heavy atom. The highest BCUT2D eigenvalue weighted by atomic mass is 79.9. The predicted octanol–water partition coefficient (Wildman–Crippen LogP) is 2.94. The van der Waals surface area contributed by atoms with Crippen molar-refractivity contribution in [1.82, 2.24) is 4.57 Å². The third-order valence-corrected chi connectivity index (χ3v) is 2.56. The van der Waals surface area contributed by atoms with Crippen molar-refractivity contribution in [2.45, 2.75) is 0 Å². The lowest BCUT2D eigenvalue weighted by Crippen LogP contribution is -2.03. The molecule has 76 valence electrons. The molecular weight excluding hydrogens is 258 g/mol. The molecule has 0 bridgehead atoms. The summed E-state index contributed by atoms with van der Waals surface area (Å²) in [4.78, 5) is 11.0. The number of aromatic carboxylic acids is 1. The van der Waals surface area contributed by atoms with Gasteiger partial charge in [0.05, 0.1) is 11.3 Å². The number of carbonyl (C=O) groups is 1. The summed E-state index contributed by atoms with van der Waals surface area (Å²) in [7, 11) is 0. The van der Waals surface area contributed by atoms with Crippen LogP contribution in [0.5, 0.6) is 0 Å². The van der Waals surface area contributed by atoms with Gasteiger partial charge in [-0.05, 0) is 30.3 Å². The van der Waals surface area contributed by atoms with Crippen LogP contribution in [0.1, 0.15) is 10.4 Å². The van der Waals surface area contributed by atoms with E-state index in [-0.39, 0.29) is 5.56 Å². The van der Waals surface area contributed by atoms with Gasteiger partial charge in [0, 0.05) is 16.9 Å². The van der Waals surface area contributed by atoms with Gasteiger partial charge in [-0.2, -0.15) is 0 Å². The molecule has 1 N–H and O–H groups in total. The molecule has 0 saturated heterocycles. The lowest BCUT2D eigenvalue weighted by atomic mass is 10.2. The fraction of sp³-hybridized carbons (Fsp3) is 0. The maximum absolute atomic E-state index is 11.0. The van der Waals surface area contributed by atoms with E-state index < -0.39 is 5.97 Å². The lowest BCUT2D eigenvalue weighted by molar-refractivity contribution is 0.0697. The van der Waals surface area contributed by atoms with Crippen LogP contribution in [0, 0.1) is 0 Å². The summed E-state index contributed by atoms with van der Waals surface area (Å²) >= 11 is 3.26. The first-order valence-electron chi connectivity index (χ1n) is 4.34. The summed E-state index contributed by atoms with van der Waals surface area (Å²) in [6.07, 6.45) is 3.63. The monoisotopic (exact) mass is 265 g/mol. The van der Waals surface area contributed by atoms with Crippen LogP contribution >= 0.6 is 15.9 Å². The summed E-state index contributed by atoms with van der Waals surface area (Å²) in [5, 5.41) is 9.05. The van der Waals surface area contributed by atoms with Crippen molar-refractivity contribution in [1.29, 1.82) is 0 Å². The normalized spacial score (nSPS) is 10.2. The zero-order valence-electron chi connectivity index (χ0n) is 7.72. The Kier molecular flexibility index (Phi) is 2.60. The van der Waals surface area contributed by atoms with Gasteiger partial charge in [0.1, 0.15) is 0 Å². The standard InChI is InChI=1S/C11H8BrNO2/c12-8-3-4-10(9(7-8)11(14)15)13-5-1-2-6-13/h1-7H,(H,14,15). The number of halogens is 1. The first-order valence-corrected chi connectivity index (χ1v) is 5.14. The van der Waals surface area contributed by atoms with Crippen LogP contribution < -0.4 is 0 Å². The second-order valence-corrected chi connectivity index (χ2v) is 3.97. The Balaban J connectivity index is 2.61. The minimum atomic E-state index is -0.931. The largest absolute Gasteiger partial charge is 0.478 e. The van der Waals surface area contributed by atoms with Crippen LogP contribution in [0.2, 0.25) is 0 Å². The summed E-state index contributed by atoms with van der Waals surface area (Å²) < 4.78 is 2.53. The van der Waals surface area contributed by atoms with Gasteiger partial charge >= 0.3 is 5.97 Å². The van der Waals surface area contributed by atoms with Gasteiger partial charge < -0.3 is 9.67 Å². The van der Waals surface area contributed by atoms with E-state index in [1.165, 1.54) is 0 Å². The number of carboxylic acids is 1. The van der Waals surface area contributed by atoms with Gasteiger partial charge in [-0.3, -0.25) is 0 Å². The molecule has 0 radical (unpaired) electrons. The molecule has 1 aromatic heterocycles. The number of carboxylic acid groups (broad SMARTS) is 1. The van der Waals surface area contributed by atoms with Crippen molar-refractivity contribution in [3.63, 3.8) is 0 Å². The molecular formula is C11H8BrNO2. The molecule has 0 spiro atoms. The highest BCUT2D eigenvalue weighted by Crippen LogP contribution is 2.20. The molecule has 0 aliphatic heterocycles. The van der Waals surface area contributed by atoms with Crippen LogP contribution in [0.15, 0.2) is 47.2 Å². The zero-order chi connectivity index (χ0) is 10.8. The molecule has 4 heteroatoms. The van der Waals surface area contributed by atoms with Gasteiger partial charge in [0.25, 0.3) is 0 Å². The molecule has 0 fully saturated rings. The van der Waals surface area contributed by atoms with E-state index >= 15 is 0 Å². The molecule has 1 aromatic carbocycles. The molecule has 0 atom stereocenters. The molecule has 2 rings (SSSR count). The molecule has 0 aliphatic rings. The fourth-order valence-electron chi connectivity index (χ4n) is 1.40. The first kappa shape index (κ1) is 9.98. The Bertz CT molecular complexity index is 491. The van der Waals surface area contributed by atoms with Crippen LogP contribution in [0.4, 0.5) is 0 Å². The molecule has 0 saturated carbocycles. The molecule has 0 aliphatic carbocycles. The highest BCUT2D eigenvalue weighted by molar-refractivity contribution is 9.10. The number of benzene rings is 1. The Labute approximate surface area is 95.1 Å². The summed E-state index contributed by atoms with van der Waals surface area (Å²) in [6, 6.07) is 8.90. The van der Waals surface area contributed by atoms with Gasteiger partial charge in [0.15, 0.2) is 0 Å². The molecule has 0 unspecified atom stereocenters. The van der Waals surface area contributed by atoms with Crippen molar-refractivity contribution in [3.05, 3.63) is 52.8 Å². The Morgan fingerprint density at radius 2 is 1.93 bits per heavy atom. The van der Waals surface area contributed by atoms with Gasteiger partial charge in [-0.1, -0.05) is 15.9 Å². The topological polar surface area (TPSA) is 42.2 Å². The Hall–Kier alpha value is -1.55. The van der Waals surface area contributed by atoms with E-state index in [4.69, 9.17) is 5.11 Å². The second-order valence-electron chi connectivity index (χ2n) is 3.06. The smallest absolute Gasteiger partial charge is 0.337 e. The Morgan fingerprint density at radius 1 is 1.27 bits per heavy atom. The molecule has 2 aromatic rings. The average Bonchev–Trinajstić information content (AvgIpc) is 2.70. The van der Waals surface area contributed by atoms with E-state index in [2.05, 4.69) is 15.9 Å². The van der Waals surface area contributed by atoms with Crippen LogP contribution in [0.25, 0.3) is 5.69 Å². The number of hydrogen-bond acceptors (Lipinski definition) is 1. The first-order chi connectivity index (χ1) is 7.18. The molecule has 0 amide bonds. The third-order valence-electron chi connectivity index (χ3n) is 2.07. The molecule has 3 nitrogen and oxygen atoms in total. The number of rotatable bonds is 2. The maximum Gasteiger partial charge on any atom is 0.337 e. The summed E-state index contributed by atoms with van der Waals surface area (Å²) in [5.74, 6) is -0.931. The van der Waals surface area contributed by atoms with Gasteiger partial charge in [-0.15, -0.1) is 0 Å². The van der Waals surface area contributed by atoms with Crippen molar-refractivity contribution < 1.29 is 9.90 Å². The lowest BCUT2D eigenvalue weighted by Gasteiger charge is -2.07. The molecule has 1 heterocycles. The fourth-order valence-corrected chi connectivity index (χ4v) is 1.76.